The van der Waals surface area contributed by atoms with E-state index in [1.807, 2.05) is 0 Å². The van der Waals surface area contributed by atoms with Gasteiger partial charge in [0.1, 0.15) is 6.29 Å². The van der Waals surface area contributed by atoms with Crippen molar-refractivity contribution in [2.45, 2.75) is 6.42 Å². The first-order chi connectivity index (χ1) is 5.65. The molecule has 1 aromatic carbocycles. The van der Waals surface area contributed by atoms with Gasteiger partial charge in [-0.05, 0) is 12.1 Å². The fraction of sp³-hybridized carbons (Fsp3) is 0.125. The minimum atomic E-state index is -0.721. The van der Waals surface area contributed by atoms with E-state index in [0.717, 1.165) is 6.07 Å². The molecule has 1 rings (SSSR count). The summed E-state index contributed by atoms with van der Waals surface area (Å²) >= 11 is 3.05. The summed E-state index contributed by atoms with van der Waals surface area (Å²) in [5.41, 5.74) is 0.289. The predicted molar refractivity (Wildman–Crippen MR) is 45.5 cm³/mol. The molecule has 0 unspecified atom stereocenters. The Balaban J connectivity index is 3.17. The van der Waals surface area contributed by atoms with Gasteiger partial charge in [0.25, 0.3) is 0 Å². The number of hydrogen-bond donors (Lipinski definition) is 1. The highest BCUT2D eigenvalue weighted by Gasteiger charge is 2.07. The van der Waals surface area contributed by atoms with Crippen LogP contribution in [-0.2, 0) is 11.2 Å². The molecule has 0 aromatic heterocycles. The monoisotopic (exact) mass is 232 g/mol. The second-order valence-electron chi connectivity index (χ2n) is 2.27. The summed E-state index contributed by atoms with van der Waals surface area (Å²) in [6.45, 7) is 0. The largest absolute Gasteiger partial charge is 0.505 e. The molecule has 0 aliphatic heterocycles. The number of benzene rings is 1. The Morgan fingerprint density at radius 2 is 2.25 bits per heavy atom. The van der Waals surface area contributed by atoms with E-state index in [2.05, 4.69) is 15.9 Å². The second-order valence-corrected chi connectivity index (χ2v) is 3.18. The van der Waals surface area contributed by atoms with Gasteiger partial charge in [-0.2, -0.15) is 0 Å². The zero-order chi connectivity index (χ0) is 9.14. The van der Waals surface area contributed by atoms with Gasteiger partial charge in [-0.1, -0.05) is 15.9 Å². The fourth-order valence-electron chi connectivity index (χ4n) is 0.865. The zero-order valence-electron chi connectivity index (χ0n) is 6.05. The number of rotatable bonds is 2. The van der Waals surface area contributed by atoms with Gasteiger partial charge in [0.05, 0.1) is 0 Å². The summed E-state index contributed by atoms with van der Waals surface area (Å²) in [7, 11) is 0. The SMILES string of the molecule is O=CCc1cc(Br)cc(F)c1O. The molecule has 0 saturated heterocycles. The first-order valence-electron chi connectivity index (χ1n) is 3.25. The van der Waals surface area contributed by atoms with Crippen molar-refractivity contribution in [1.82, 2.24) is 0 Å². The van der Waals surface area contributed by atoms with Gasteiger partial charge in [0.2, 0.25) is 0 Å². The molecule has 0 aliphatic rings. The molecule has 0 atom stereocenters. The summed E-state index contributed by atoms with van der Waals surface area (Å²) in [6, 6.07) is 2.65. The Morgan fingerprint density at radius 3 is 2.83 bits per heavy atom. The van der Waals surface area contributed by atoms with E-state index in [9.17, 15) is 9.18 Å². The van der Waals surface area contributed by atoms with Crippen LogP contribution >= 0.6 is 15.9 Å². The number of aldehydes is 1. The number of carbonyl (C=O) groups is 1. The van der Waals surface area contributed by atoms with Crippen molar-refractivity contribution < 1.29 is 14.3 Å². The van der Waals surface area contributed by atoms with Gasteiger partial charge < -0.3 is 9.90 Å². The van der Waals surface area contributed by atoms with Crippen molar-refractivity contribution in [1.29, 1.82) is 0 Å². The van der Waals surface area contributed by atoms with Crippen molar-refractivity contribution in [3.05, 3.63) is 28.0 Å². The van der Waals surface area contributed by atoms with E-state index < -0.39 is 11.6 Å². The summed E-state index contributed by atoms with van der Waals surface area (Å²) in [6.07, 6.45) is 0.628. The summed E-state index contributed by atoms with van der Waals surface area (Å²) in [4.78, 5) is 10.1. The molecule has 0 heterocycles. The van der Waals surface area contributed by atoms with Crippen LogP contribution in [0.3, 0.4) is 0 Å². The van der Waals surface area contributed by atoms with Crippen LogP contribution in [0, 0.1) is 5.82 Å². The molecule has 0 saturated carbocycles. The maximum absolute atomic E-state index is 12.8. The lowest BCUT2D eigenvalue weighted by Gasteiger charge is -2.02. The third-order valence-corrected chi connectivity index (χ3v) is 1.87. The first kappa shape index (κ1) is 9.19. The third kappa shape index (κ3) is 1.82. The third-order valence-electron chi connectivity index (χ3n) is 1.41. The topological polar surface area (TPSA) is 37.3 Å². The van der Waals surface area contributed by atoms with Crippen LogP contribution in [0.25, 0.3) is 0 Å². The lowest BCUT2D eigenvalue weighted by Crippen LogP contribution is -1.89. The Bertz CT molecular complexity index is 312. The van der Waals surface area contributed by atoms with Crippen molar-refractivity contribution in [2.24, 2.45) is 0 Å². The van der Waals surface area contributed by atoms with E-state index in [1.165, 1.54) is 6.07 Å². The highest BCUT2D eigenvalue weighted by Crippen LogP contribution is 2.25. The molecule has 64 valence electrons. The van der Waals surface area contributed by atoms with Crippen LogP contribution in [0.2, 0.25) is 0 Å². The second kappa shape index (κ2) is 3.67. The molecule has 0 radical (unpaired) electrons. The lowest BCUT2D eigenvalue weighted by atomic mass is 10.1. The van der Waals surface area contributed by atoms with Gasteiger partial charge in [-0.3, -0.25) is 0 Å². The number of halogens is 2. The molecule has 0 aliphatic carbocycles. The van der Waals surface area contributed by atoms with Crippen LogP contribution < -0.4 is 0 Å². The number of phenols is 1. The maximum atomic E-state index is 12.8. The first-order valence-corrected chi connectivity index (χ1v) is 4.05. The lowest BCUT2D eigenvalue weighted by molar-refractivity contribution is -0.107. The Labute approximate surface area is 77.2 Å². The number of phenolic OH excluding ortho intramolecular Hbond substituents is 1. The smallest absolute Gasteiger partial charge is 0.166 e. The van der Waals surface area contributed by atoms with Gasteiger partial charge in [-0.25, -0.2) is 4.39 Å². The van der Waals surface area contributed by atoms with E-state index >= 15 is 0 Å². The highest BCUT2D eigenvalue weighted by atomic mass is 79.9. The van der Waals surface area contributed by atoms with Crippen molar-refractivity contribution >= 4 is 22.2 Å². The van der Waals surface area contributed by atoms with Gasteiger partial charge >= 0.3 is 0 Å². The minimum Gasteiger partial charge on any atom is -0.505 e. The highest BCUT2D eigenvalue weighted by molar-refractivity contribution is 9.10. The maximum Gasteiger partial charge on any atom is 0.166 e. The molecule has 0 spiro atoms. The predicted octanol–water partition coefficient (Wildman–Crippen LogP) is 2.04. The number of hydrogen-bond acceptors (Lipinski definition) is 2. The quantitative estimate of drug-likeness (QED) is 0.793. The molecular formula is C8H6BrFO2. The van der Waals surface area contributed by atoms with Crippen molar-refractivity contribution in [3.63, 3.8) is 0 Å². The zero-order valence-corrected chi connectivity index (χ0v) is 7.64. The molecule has 1 N–H and O–H groups in total. The van der Waals surface area contributed by atoms with Gasteiger partial charge in [-0.15, -0.1) is 0 Å². The summed E-state index contributed by atoms with van der Waals surface area (Å²) < 4.78 is 13.3. The Hall–Kier alpha value is -0.900. The van der Waals surface area contributed by atoms with E-state index in [-0.39, 0.29) is 12.0 Å². The summed E-state index contributed by atoms with van der Waals surface area (Å²) in [5.74, 6) is -1.17. The minimum absolute atomic E-state index is 0.0161. The molecule has 0 fully saturated rings. The normalized spacial score (nSPS) is 9.83. The average Bonchev–Trinajstić information content (AvgIpc) is 2.00. The number of carbonyl (C=O) groups excluding carboxylic acids is 1. The molecule has 12 heavy (non-hydrogen) atoms. The molecule has 4 heteroatoms. The average molecular weight is 233 g/mol. The van der Waals surface area contributed by atoms with E-state index in [1.54, 1.807) is 0 Å². The molecular weight excluding hydrogens is 227 g/mol. The number of aromatic hydroxyl groups is 1. The van der Waals surface area contributed by atoms with Gasteiger partial charge in [0.15, 0.2) is 11.6 Å². The molecule has 2 nitrogen and oxygen atoms in total. The van der Waals surface area contributed by atoms with Crippen LogP contribution in [0.5, 0.6) is 5.75 Å². The molecule has 0 bridgehead atoms. The standard InChI is InChI=1S/C8H6BrFO2/c9-6-3-5(1-2-11)8(12)7(10)4-6/h2-4,12H,1H2. The fourth-order valence-corrected chi connectivity index (χ4v) is 1.34. The van der Waals surface area contributed by atoms with Gasteiger partial charge in [0, 0.05) is 16.5 Å². The molecule has 0 amide bonds. The van der Waals surface area contributed by atoms with Crippen LogP contribution in [0.4, 0.5) is 4.39 Å². The van der Waals surface area contributed by atoms with Crippen molar-refractivity contribution in [3.8, 4) is 5.75 Å². The van der Waals surface area contributed by atoms with Crippen molar-refractivity contribution in [2.75, 3.05) is 0 Å². The summed E-state index contributed by atoms with van der Waals surface area (Å²) in [5, 5.41) is 9.10. The van der Waals surface area contributed by atoms with Crippen LogP contribution in [0.1, 0.15) is 5.56 Å². The molecule has 1 aromatic rings. The van der Waals surface area contributed by atoms with Crippen LogP contribution in [0.15, 0.2) is 16.6 Å². The van der Waals surface area contributed by atoms with E-state index in [4.69, 9.17) is 5.11 Å². The Morgan fingerprint density at radius 1 is 1.58 bits per heavy atom. The van der Waals surface area contributed by atoms with Crippen LogP contribution in [-0.4, -0.2) is 11.4 Å². The van der Waals surface area contributed by atoms with E-state index in [0.29, 0.717) is 10.8 Å². The Kier molecular flexibility index (Phi) is 2.81.